The molecule has 0 aliphatic heterocycles. The molecule has 0 aliphatic carbocycles. The quantitative estimate of drug-likeness (QED) is 0.693. The summed E-state index contributed by atoms with van der Waals surface area (Å²) in [7, 11) is 0. The molecule has 3 aromatic rings. The van der Waals surface area contributed by atoms with Crippen LogP contribution in [0.4, 0.5) is 5.69 Å². The van der Waals surface area contributed by atoms with Gasteiger partial charge in [-0.2, -0.15) is 0 Å². The third-order valence-electron chi connectivity index (χ3n) is 4.23. The fourth-order valence-electron chi connectivity index (χ4n) is 2.85. The third-order valence-corrected chi connectivity index (χ3v) is 4.49. The van der Waals surface area contributed by atoms with Gasteiger partial charge in [-0.1, -0.05) is 29.8 Å². The van der Waals surface area contributed by atoms with Crippen LogP contribution in [0.1, 0.15) is 12.5 Å². The summed E-state index contributed by atoms with van der Waals surface area (Å²) in [6, 6.07) is 14.9. The highest BCUT2D eigenvalue weighted by Crippen LogP contribution is 2.18. The van der Waals surface area contributed by atoms with E-state index in [1.165, 1.54) is 6.92 Å². The van der Waals surface area contributed by atoms with Crippen molar-refractivity contribution >= 4 is 40.0 Å². The molecule has 0 saturated carbocycles. The van der Waals surface area contributed by atoms with Crippen LogP contribution in [0.15, 0.2) is 54.7 Å². The number of para-hydroxylation sites is 1. The number of nitrogens with one attached hydrogen (secondary N) is 2. The maximum Gasteiger partial charge on any atom is 0.243 e. The van der Waals surface area contributed by atoms with Gasteiger partial charge in [0.25, 0.3) is 0 Å². The van der Waals surface area contributed by atoms with E-state index in [2.05, 4.69) is 10.3 Å². The van der Waals surface area contributed by atoms with Gasteiger partial charge in [0.05, 0.1) is 6.54 Å². The van der Waals surface area contributed by atoms with Crippen LogP contribution in [0.25, 0.3) is 10.9 Å². The van der Waals surface area contributed by atoms with Crippen molar-refractivity contribution in [2.45, 2.75) is 13.3 Å². The molecule has 0 spiro atoms. The van der Waals surface area contributed by atoms with Crippen LogP contribution >= 0.6 is 11.6 Å². The lowest BCUT2D eigenvalue weighted by Crippen LogP contribution is -2.37. The zero-order valence-electron chi connectivity index (χ0n) is 14.5. The Morgan fingerprint density at radius 1 is 1.12 bits per heavy atom. The summed E-state index contributed by atoms with van der Waals surface area (Å²) < 4.78 is 0. The van der Waals surface area contributed by atoms with Gasteiger partial charge in [-0.3, -0.25) is 9.59 Å². The van der Waals surface area contributed by atoms with Crippen molar-refractivity contribution in [3.8, 4) is 0 Å². The summed E-state index contributed by atoms with van der Waals surface area (Å²) in [4.78, 5) is 28.9. The first-order valence-electron chi connectivity index (χ1n) is 8.39. The number of aromatic nitrogens is 1. The van der Waals surface area contributed by atoms with E-state index in [4.69, 9.17) is 11.6 Å². The van der Waals surface area contributed by atoms with Gasteiger partial charge in [0.15, 0.2) is 0 Å². The molecule has 0 atom stereocenters. The molecule has 0 bridgehead atoms. The van der Waals surface area contributed by atoms with Crippen LogP contribution in [0.3, 0.4) is 0 Å². The summed E-state index contributed by atoms with van der Waals surface area (Å²) in [5.74, 6) is -0.363. The molecule has 3 rings (SSSR count). The first kappa shape index (κ1) is 18.0. The number of aromatic amines is 1. The second-order valence-electron chi connectivity index (χ2n) is 6.11. The predicted molar refractivity (Wildman–Crippen MR) is 104 cm³/mol. The summed E-state index contributed by atoms with van der Waals surface area (Å²) in [6.07, 6.45) is 2.63. The highest BCUT2D eigenvalue weighted by atomic mass is 35.5. The molecule has 2 N–H and O–H groups in total. The smallest absolute Gasteiger partial charge is 0.243 e. The van der Waals surface area contributed by atoms with Gasteiger partial charge in [-0.25, -0.2) is 0 Å². The van der Waals surface area contributed by atoms with Crippen molar-refractivity contribution in [3.05, 3.63) is 65.3 Å². The van der Waals surface area contributed by atoms with Crippen LogP contribution in [0, 0.1) is 0 Å². The summed E-state index contributed by atoms with van der Waals surface area (Å²) >= 11 is 5.84. The molecule has 5 nitrogen and oxygen atoms in total. The Hall–Kier alpha value is -2.79. The second kappa shape index (κ2) is 8.06. The Kier molecular flexibility index (Phi) is 5.58. The molecule has 6 heteroatoms. The van der Waals surface area contributed by atoms with Gasteiger partial charge in [0, 0.05) is 41.3 Å². The SMILES string of the molecule is CC(=O)N(CCc1c[nH]c2ccccc12)CC(=O)Nc1ccc(Cl)cc1. The Morgan fingerprint density at radius 2 is 1.85 bits per heavy atom. The van der Waals surface area contributed by atoms with Crippen molar-refractivity contribution in [1.82, 2.24) is 9.88 Å². The standard InChI is InChI=1S/C20H20ClN3O2/c1-14(25)24(13-20(26)23-17-8-6-16(21)7-9-17)11-10-15-12-22-19-5-3-2-4-18(15)19/h2-9,12,22H,10-11,13H2,1H3,(H,23,26). The first-order valence-corrected chi connectivity index (χ1v) is 8.76. The number of amides is 2. The largest absolute Gasteiger partial charge is 0.361 e. The van der Waals surface area contributed by atoms with Crippen molar-refractivity contribution < 1.29 is 9.59 Å². The maximum atomic E-state index is 12.2. The molecule has 2 aromatic carbocycles. The van der Waals surface area contributed by atoms with Crippen molar-refractivity contribution in [2.75, 3.05) is 18.4 Å². The number of anilines is 1. The Morgan fingerprint density at radius 3 is 2.58 bits per heavy atom. The van der Waals surface area contributed by atoms with Crippen molar-refractivity contribution in [1.29, 1.82) is 0 Å². The number of hydrogen-bond acceptors (Lipinski definition) is 2. The van der Waals surface area contributed by atoms with Gasteiger partial charge in [-0.05, 0) is 42.3 Å². The monoisotopic (exact) mass is 369 g/mol. The molecular formula is C20H20ClN3O2. The molecule has 134 valence electrons. The Labute approximate surface area is 157 Å². The number of carbonyl (C=O) groups excluding carboxylic acids is 2. The number of H-pyrrole nitrogens is 1. The fraction of sp³-hybridized carbons (Fsp3) is 0.200. The lowest BCUT2D eigenvalue weighted by Gasteiger charge is -2.20. The second-order valence-corrected chi connectivity index (χ2v) is 6.54. The average molecular weight is 370 g/mol. The molecule has 26 heavy (non-hydrogen) atoms. The zero-order chi connectivity index (χ0) is 18.5. The Balaban J connectivity index is 1.61. The van der Waals surface area contributed by atoms with E-state index >= 15 is 0 Å². The van der Waals surface area contributed by atoms with Crippen LogP contribution in [-0.4, -0.2) is 34.8 Å². The minimum atomic E-state index is -0.235. The van der Waals surface area contributed by atoms with E-state index in [0.717, 1.165) is 16.5 Å². The van der Waals surface area contributed by atoms with E-state index in [1.807, 2.05) is 30.5 Å². The number of halogens is 1. The predicted octanol–water partition coefficient (Wildman–Crippen LogP) is 3.85. The van der Waals surface area contributed by atoms with Gasteiger partial charge in [0.1, 0.15) is 0 Å². The third kappa shape index (κ3) is 4.43. The normalized spacial score (nSPS) is 10.7. The first-order chi connectivity index (χ1) is 12.5. The number of carbonyl (C=O) groups is 2. The Bertz CT molecular complexity index is 918. The van der Waals surface area contributed by atoms with E-state index < -0.39 is 0 Å². The lowest BCUT2D eigenvalue weighted by atomic mass is 10.1. The average Bonchev–Trinajstić information content (AvgIpc) is 3.03. The lowest BCUT2D eigenvalue weighted by molar-refractivity contribution is -0.132. The molecular weight excluding hydrogens is 350 g/mol. The molecule has 1 aromatic heterocycles. The minimum Gasteiger partial charge on any atom is -0.361 e. The van der Waals surface area contributed by atoms with Gasteiger partial charge >= 0.3 is 0 Å². The van der Waals surface area contributed by atoms with Crippen molar-refractivity contribution in [2.24, 2.45) is 0 Å². The molecule has 0 aliphatic rings. The minimum absolute atomic E-state index is 0.0142. The van der Waals surface area contributed by atoms with E-state index in [9.17, 15) is 9.59 Å². The number of rotatable bonds is 6. The van der Waals surface area contributed by atoms with E-state index in [-0.39, 0.29) is 18.4 Å². The van der Waals surface area contributed by atoms with Crippen LogP contribution < -0.4 is 5.32 Å². The van der Waals surface area contributed by atoms with E-state index in [0.29, 0.717) is 23.7 Å². The van der Waals surface area contributed by atoms with Crippen molar-refractivity contribution in [3.63, 3.8) is 0 Å². The molecule has 0 fully saturated rings. The number of nitrogens with zero attached hydrogens (tertiary/aromatic N) is 1. The molecule has 0 radical (unpaired) electrons. The molecule has 2 amide bonds. The van der Waals surface area contributed by atoms with Crippen LogP contribution in [-0.2, 0) is 16.0 Å². The maximum absolute atomic E-state index is 12.2. The fourth-order valence-corrected chi connectivity index (χ4v) is 2.97. The topological polar surface area (TPSA) is 65.2 Å². The molecule has 1 heterocycles. The zero-order valence-corrected chi connectivity index (χ0v) is 15.2. The van der Waals surface area contributed by atoms with Crippen LogP contribution in [0.5, 0.6) is 0 Å². The summed E-state index contributed by atoms with van der Waals surface area (Å²) in [5, 5.41) is 4.52. The van der Waals surface area contributed by atoms with Gasteiger partial charge < -0.3 is 15.2 Å². The highest BCUT2D eigenvalue weighted by molar-refractivity contribution is 6.30. The van der Waals surface area contributed by atoms with Crippen LogP contribution in [0.2, 0.25) is 5.02 Å². The number of hydrogen-bond donors (Lipinski definition) is 2. The molecule has 0 saturated heterocycles. The highest BCUT2D eigenvalue weighted by Gasteiger charge is 2.15. The van der Waals surface area contributed by atoms with Gasteiger partial charge in [0.2, 0.25) is 11.8 Å². The van der Waals surface area contributed by atoms with E-state index in [1.54, 1.807) is 29.2 Å². The number of fused-ring (bicyclic) bond motifs is 1. The summed E-state index contributed by atoms with van der Waals surface area (Å²) in [5.41, 5.74) is 2.85. The molecule has 0 unspecified atom stereocenters. The number of benzene rings is 2. The summed E-state index contributed by atoms with van der Waals surface area (Å²) in [6.45, 7) is 1.97. The van der Waals surface area contributed by atoms with Gasteiger partial charge in [-0.15, -0.1) is 0 Å².